The van der Waals surface area contributed by atoms with Crippen LogP contribution in [0.3, 0.4) is 0 Å². The second-order valence-electron chi connectivity index (χ2n) is 3.70. The molecule has 0 aliphatic heterocycles. The molecule has 86 valence electrons. The van der Waals surface area contributed by atoms with Gasteiger partial charge in [-0.1, -0.05) is 24.1 Å². The van der Waals surface area contributed by atoms with Crippen LogP contribution in [-0.2, 0) is 4.79 Å². The molecule has 2 heteroatoms. The predicted octanol–water partition coefficient (Wildman–Crippen LogP) is 2.99. The molecule has 0 amide bonds. The Hall–Kier alpha value is -2.14. The van der Waals surface area contributed by atoms with E-state index in [-0.39, 0.29) is 5.78 Å². The summed E-state index contributed by atoms with van der Waals surface area (Å²) in [4.78, 5) is 15.1. The van der Waals surface area contributed by atoms with Gasteiger partial charge in [0.05, 0.1) is 5.71 Å². The van der Waals surface area contributed by atoms with Crippen LogP contribution in [0.25, 0.3) is 0 Å². The van der Waals surface area contributed by atoms with Crippen LogP contribution in [0.1, 0.15) is 26.3 Å². The van der Waals surface area contributed by atoms with Gasteiger partial charge in [0.25, 0.3) is 0 Å². The van der Waals surface area contributed by atoms with Crippen LogP contribution in [0.2, 0.25) is 0 Å². The van der Waals surface area contributed by atoms with Gasteiger partial charge in [0.1, 0.15) is 0 Å². The van der Waals surface area contributed by atoms with E-state index in [0.29, 0.717) is 11.3 Å². The summed E-state index contributed by atoms with van der Waals surface area (Å²) >= 11 is 0. The molecular formula is C15H15NO. The third kappa shape index (κ3) is 4.94. The number of ketones is 1. The Morgan fingerprint density at radius 1 is 1.18 bits per heavy atom. The number of benzene rings is 1. The number of carbonyl (C=O) groups is 1. The number of nitrogens with zero attached hydrogens (tertiary/aromatic N) is 1. The minimum absolute atomic E-state index is 0.0255. The molecule has 0 aliphatic rings. The van der Waals surface area contributed by atoms with Crippen LogP contribution >= 0.6 is 0 Å². The van der Waals surface area contributed by atoms with Crippen molar-refractivity contribution in [1.29, 1.82) is 0 Å². The topological polar surface area (TPSA) is 29.4 Å². The van der Waals surface area contributed by atoms with Crippen LogP contribution in [0.5, 0.6) is 0 Å². The molecule has 0 atom stereocenters. The highest BCUT2D eigenvalue weighted by Gasteiger charge is 1.93. The van der Waals surface area contributed by atoms with E-state index in [1.807, 2.05) is 37.3 Å². The molecule has 0 spiro atoms. The lowest BCUT2D eigenvalue weighted by Gasteiger charge is -1.90. The highest BCUT2D eigenvalue weighted by molar-refractivity contribution is 6.00. The number of aliphatic imine (C=N–C) groups is 1. The molecule has 0 bridgehead atoms. The standard InChI is InChI=1S/C15H15NO/c1-12(14(3)17)11-16-13(2)9-10-15-7-5-4-6-8-15/h4-8,11H,1-3H3/b12-11+,16-13?. The van der Waals surface area contributed by atoms with Gasteiger partial charge in [0.15, 0.2) is 5.78 Å². The number of rotatable bonds is 2. The molecule has 1 aromatic rings. The molecule has 1 rings (SSSR count). The monoisotopic (exact) mass is 225 g/mol. The highest BCUT2D eigenvalue weighted by atomic mass is 16.1. The quantitative estimate of drug-likeness (QED) is 0.432. The van der Waals surface area contributed by atoms with Gasteiger partial charge in [-0.3, -0.25) is 9.79 Å². The van der Waals surface area contributed by atoms with Crippen molar-refractivity contribution in [2.24, 2.45) is 4.99 Å². The molecule has 0 aromatic heterocycles. The normalized spacial score (nSPS) is 11.7. The number of Topliss-reactive ketones (excluding diaryl/α,β-unsaturated/α-hetero) is 1. The molecule has 1 aromatic carbocycles. The van der Waals surface area contributed by atoms with Gasteiger partial charge in [0, 0.05) is 17.3 Å². The summed E-state index contributed by atoms with van der Waals surface area (Å²) in [5, 5.41) is 0. The van der Waals surface area contributed by atoms with Crippen LogP contribution in [-0.4, -0.2) is 11.5 Å². The zero-order valence-corrected chi connectivity index (χ0v) is 10.3. The fourth-order valence-corrected chi connectivity index (χ4v) is 1.00. The first-order chi connectivity index (χ1) is 8.09. The van der Waals surface area contributed by atoms with E-state index in [1.165, 1.54) is 6.92 Å². The van der Waals surface area contributed by atoms with E-state index in [0.717, 1.165) is 5.56 Å². The third-order valence-electron chi connectivity index (χ3n) is 2.17. The fourth-order valence-electron chi connectivity index (χ4n) is 1.00. The molecule has 0 aliphatic carbocycles. The van der Waals surface area contributed by atoms with Crippen molar-refractivity contribution in [1.82, 2.24) is 0 Å². The van der Waals surface area contributed by atoms with Crippen molar-refractivity contribution >= 4 is 11.5 Å². The van der Waals surface area contributed by atoms with E-state index in [1.54, 1.807) is 13.1 Å². The van der Waals surface area contributed by atoms with E-state index in [4.69, 9.17) is 0 Å². The molecule has 0 fully saturated rings. The van der Waals surface area contributed by atoms with Gasteiger partial charge in [0.2, 0.25) is 0 Å². The SMILES string of the molecule is CC(=O)/C(C)=C/N=C(C)C#Cc1ccccc1. The Morgan fingerprint density at radius 2 is 1.82 bits per heavy atom. The lowest BCUT2D eigenvalue weighted by atomic mass is 10.2. The first-order valence-corrected chi connectivity index (χ1v) is 5.39. The first-order valence-electron chi connectivity index (χ1n) is 5.39. The van der Waals surface area contributed by atoms with Crippen molar-refractivity contribution in [3.63, 3.8) is 0 Å². The molecule has 0 unspecified atom stereocenters. The minimum atomic E-state index is 0.0255. The Labute approximate surface area is 102 Å². The van der Waals surface area contributed by atoms with Gasteiger partial charge in [-0.25, -0.2) is 0 Å². The van der Waals surface area contributed by atoms with Crippen molar-refractivity contribution in [3.8, 4) is 11.8 Å². The molecule has 0 saturated carbocycles. The van der Waals surface area contributed by atoms with Gasteiger partial charge >= 0.3 is 0 Å². The summed E-state index contributed by atoms with van der Waals surface area (Å²) in [7, 11) is 0. The van der Waals surface area contributed by atoms with Crippen LogP contribution < -0.4 is 0 Å². The average molecular weight is 225 g/mol. The highest BCUT2D eigenvalue weighted by Crippen LogP contribution is 1.96. The van der Waals surface area contributed by atoms with E-state index in [2.05, 4.69) is 16.8 Å². The van der Waals surface area contributed by atoms with E-state index < -0.39 is 0 Å². The molecular weight excluding hydrogens is 210 g/mol. The van der Waals surface area contributed by atoms with Crippen molar-refractivity contribution in [2.75, 3.05) is 0 Å². The Bertz CT molecular complexity index is 513. The largest absolute Gasteiger partial charge is 0.295 e. The summed E-state index contributed by atoms with van der Waals surface area (Å²) in [5.41, 5.74) is 2.27. The maximum atomic E-state index is 11.0. The van der Waals surface area contributed by atoms with Crippen LogP contribution in [0.15, 0.2) is 47.1 Å². The zero-order valence-electron chi connectivity index (χ0n) is 10.3. The Morgan fingerprint density at radius 3 is 2.41 bits per heavy atom. The number of hydrogen-bond acceptors (Lipinski definition) is 2. The van der Waals surface area contributed by atoms with E-state index >= 15 is 0 Å². The first kappa shape index (κ1) is 12.9. The predicted molar refractivity (Wildman–Crippen MR) is 70.9 cm³/mol. The van der Waals surface area contributed by atoms with Crippen molar-refractivity contribution in [2.45, 2.75) is 20.8 Å². The minimum Gasteiger partial charge on any atom is -0.295 e. The van der Waals surface area contributed by atoms with Crippen LogP contribution in [0, 0.1) is 11.8 Å². The molecule has 0 radical (unpaired) electrons. The molecule has 17 heavy (non-hydrogen) atoms. The summed E-state index contributed by atoms with van der Waals surface area (Å²) in [6, 6.07) is 9.71. The van der Waals surface area contributed by atoms with Gasteiger partial charge < -0.3 is 0 Å². The zero-order chi connectivity index (χ0) is 12.7. The summed E-state index contributed by atoms with van der Waals surface area (Å²) in [6.07, 6.45) is 1.55. The fraction of sp³-hybridized carbons (Fsp3) is 0.200. The molecule has 0 saturated heterocycles. The summed E-state index contributed by atoms with van der Waals surface area (Å²) in [5.74, 6) is 5.97. The number of hydrogen-bond donors (Lipinski definition) is 0. The Balaban J connectivity index is 2.77. The van der Waals surface area contributed by atoms with Gasteiger partial charge in [-0.15, -0.1) is 0 Å². The smallest absolute Gasteiger partial charge is 0.157 e. The third-order valence-corrected chi connectivity index (χ3v) is 2.17. The van der Waals surface area contributed by atoms with Crippen LogP contribution in [0.4, 0.5) is 0 Å². The molecule has 0 heterocycles. The van der Waals surface area contributed by atoms with Crippen molar-refractivity contribution in [3.05, 3.63) is 47.7 Å². The Kier molecular flexibility index (Phi) is 4.90. The molecule has 0 N–H and O–H groups in total. The maximum absolute atomic E-state index is 11.0. The average Bonchev–Trinajstić information content (AvgIpc) is 2.34. The van der Waals surface area contributed by atoms with E-state index in [9.17, 15) is 4.79 Å². The number of allylic oxidation sites excluding steroid dienone is 1. The summed E-state index contributed by atoms with van der Waals surface area (Å²) in [6.45, 7) is 5.08. The second-order valence-corrected chi connectivity index (χ2v) is 3.70. The lowest BCUT2D eigenvalue weighted by molar-refractivity contribution is -0.113. The summed E-state index contributed by atoms with van der Waals surface area (Å²) < 4.78 is 0. The van der Waals surface area contributed by atoms with Gasteiger partial charge in [-0.2, -0.15) is 0 Å². The number of carbonyl (C=O) groups excluding carboxylic acids is 1. The van der Waals surface area contributed by atoms with Crippen molar-refractivity contribution < 1.29 is 4.79 Å². The molecule has 2 nitrogen and oxygen atoms in total. The maximum Gasteiger partial charge on any atom is 0.157 e. The lowest BCUT2D eigenvalue weighted by Crippen LogP contribution is -1.91. The van der Waals surface area contributed by atoms with Gasteiger partial charge in [-0.05, 0) is 38.8 Å². The second kappa shape index (κ2) is 6.44.